The molecular formula is C18H23Cl2N3O2. The molecule has 0 aliphatic heterocycles. The van der Waals surface area contributed by atoms with Gasteiger partial charge in [-0.1, -0.05) is 23.7 Å². The third kappa shape index (κ3) is 6.03. The molecule has 1 aromatic heterocycles. The lowest BCUT2D eigenvalue weighted by atomic mass is 10.1. The molecule has 0 atom stereocenters. The molecule has 0 aliphatic carbocycles. The normalized spacial score (nSPS) is 10.7. The number of benzene rings is 1. The van der Waals surface area contributed by atoms with Crippen molar-refractivity contribution in [1.29, 1.82) is 0 Å². The zero-order valence-corrected chi connectivity index (χ0v) is 16.0. The summed E-state index contributed by atoms with van der Waals surface area (Å²) in [6, 6.07) is 6.21. The van der Waals surface area contributed by atoms with Crippen molar-refractivity contribution in [2.75, 3.05) is 31.7 Å². The Morgan fingerprint density at radius 1 is 1.20 bits per heavy atom. The maximum Gasteiger partial charge on any atom is 0.148 e. The van der Waals surface area contributed by atoms with Gasteiger partial charge in [-0.05, 0) is 37.5 Å². The van der Waals surface area contributed by atoms with Crippen LogP contribution in [0.3, 0.4) is 0 Å². The first-order valence-electron chi connectivity index (χ1n) is 8.25. The molecule has 25 heavy (non-hydrogen) atoms. The molecule has 0 aliphatic rings. The zero-order chi connectivity index (χ0) is 18.1. The van der Waals surface area contributed by atoms with Gasteiger partial charge in [-0.15, -0.1) is 11.6 Å². The molecule has 7 heteroatoms. The van der Waals surface area contributed by atoms with Crippen molar-refractivity contribution in [2.45, 2.75) is 26.1 Å². The molecule has 0 bridgehead atoms. The lowest BCUT2D eigenvalue weighted by Crippen LogP contribution is -2.13. The number of halogens is 2. The lowest BCUT2D eigenvalue weighted by molar-refractivity contribution is 0.151. The number of hydrogen-bond donors (Lipinski definition) is 1. The smallest absolute Gasteiger partial charge is 0.148 e. The van der Waals surface area contributed by atoms with Crippen LogP contribution in [-0.2, 0) is 17.0 Å². The summed E-state index contributed by atoms with van der Waals surface area (Å²) in [5.41, 5.74) is 2.97. The Kier molecular flexibility index (Phi) is 8.25. The molecule has 136 valence electrons. The maximum atomic E-state index is 6.18. The Balaban J connectivity index is 1.82. The van der Waals surface area contributed by atoms with E-state index in [1.54, 1.807) is 0 Å². The van der Waals surface area contributed by atoms with E-state index in [1.807, 2.05) is 19.9 Å². The fourth-order valence-corrected chi connectivity index (χ4v) is 2.82. The van der Waals surface area contributed by atoms with Crippen LogP contribution >= 0.6 is 23.2 Å². The Morgan fingerprint density at radius 2 is 2.04 bits per heavy atom. The average Bonchev–Trinajstić information content (AvgIpc) is 2.61. The predicted molar refractivity (Wildman–Crippen MR) is 102 cm³/mol. The summed E-state index contributed by atoms with van der Waals surface area (Å²) >= 11 is 12.0. The molecule has 5 nitrogen and oxygen atoms in total. The Hall–Kier alpha value is -1.56. The van der Waals surface area contributed by atoms with Gasteiger partial charge in [0, 0.05) is 6.61 Å². The molecule has 0 saturated carbocycles. The molecule has 0 unspecified atom stereocenters. The van der Waals surface area contributed by atoms with Crippen LogP contribution in [0.5, 0.6) is 5.75 Å². The van der Waals surface area contributed by atoms with E-state index < -0.39 is 0 Å². The Labute approximate surface area is 158 Å². The number of hydrogen-bond acceptors (Lipinski definition) is 5. The highest BCUT2D eigenvalue weighted by Crippen LogP contribution is 2.23. The number of aromatic nitrogens is 2. The van der Waals surface area contributed by atoms with E-state index >= 15 is 0 Å². The van der Waals surface area contributed by atoms with Crippen LogP contribution in [0.15, 0.2) is 24.5 Å². The molecule has 0 saturated heterocycles. The first kappa shape index (κ1) is 19.8. The molecule has 0 radical (unpaired) electrons. The minimum absolute atomic E-state index is 0.251. The van der Waals surface area contributed by atoms with Crippen molar-refractivity contribution in [3.05, 3.63) is 46.4 Å². The largest absolute Gasteiger partial charge is 0.491 e. The average molecular weight is 384 g/mol. The molecule has 0 spiro atoms. The summed E-state index contributed by atoms with van der Waals surface area (Å²) in [7, 11) is 0. The summed E-state index contributed by atoms with van der Waals surface area (Å²) in [5, 5.41) is 3.59. The van der Waals surface area contributed by atoms with Gasteiger partial charge < -0.3 is 14.8 Å². The van der Waals surface area contributed by atoms with Crippen LogP contribution in [0.2, 0.25) is 5.02 Å². The zero-order valence-electron chi connectivity index (χ0n) is 14.5. The van der Waals surface area contributed by atoms with Crippen molar-refractivity contribution in [2.24, 2.45) is 0 Å². The third-order valence-electron chi connectivity index (χ3n) is 3.62. The molecule has 0 amide bonds. The van der Waals surface area contributed by atoms with E-state index in [0.29, 0.717) is 29.7 Å². The number of ether oxygens (including phenoxy) is 2. The number of aryl methyl sites for hydroxylation is 1. The van der Waals surface area contributed by atoms with Crippen molar-refractivity contribution < 1.29 is 9.47 Å². The van der Waals surface area contributed by atoms with Gasteiger partial charge in [-0.25, -0.2) is 9.97 Å². The minimum atomic E-state index is 0.251. The molecule has 1 N–H and O–H groups in total. The highest BCUT2D eigenvalue weighted by Gasteiger charge is 2.08. The van der Waals surface area contributed by atoms with Crippen LogP contribution in [0.1, 0.15) is 23.7 Å². The van der Waals surface area contributed by atoms with E-state index in [-0.39, 0.29) is 5.88 Å². The van der Waals surface area contributed by atoms with Crippen molar-refractivity contribution in [3.63, 3.8) is 0 Å². The number of alkyl halides is 1. The molecule has 2 aromatic rings. The molecule has 1 heterocycles. The van der Waals surface area contributed by atoms with Crippen LogP contribution in [0.4, 0.5) is 5.82 Å². The molecule has 0 fully saturated rings. The van der Waals surface area contributed by atoms with Crippen molar-refractivity contribution in [3.8, 4) is 5.75 Å². The fraction of sp³-hybridized carbons (Fsp3) is 0.444. The van der Waals surface area contributed by atoms with E-state index in [4.69, 9.17) is 32.7 Å². The second-order valence-electron chi connectivity index (χ2n) is 5.44. The van der Waals surface area contributed by atoms with Gasteiger partial charge in [0.15, 0.2) is 0 Å². The van der Waals surface area contributed by atoms with Gasteiger partial charge in [0.25, 0.3) is 0 Å². The second-order valence-corrected chi connectivity index (χ2v) is 6.08. The van der Waals surface area contributed by atoms with Crippen LogP contribution in [0, 0.1) is 6.92 Å². The lowest BCUT2D eigenvalue weighted by Gasteiger charge is -2.12. The fourth-order valence-electron chi connectivity index (χ4n) is 2.32. The van der Waals surface area contributed by atoms with Crippen LogP contribution in [-0.4, -0.2) is 36.3 Å². The van der Waals surface area contributed by atoms with Gasteiger partial charge in [0.1, 0.15) is 29.5 Å². The van der Waals surface area contributed by atoms with E-state index in [1.165, 1.54) is 11.9 Å². The van der Waals surface area contributed by atoms with E-state index in [0.717, 1.165) is 30.9 Å². The number of nitrogens with one attached hydrogen (secondary N) is 1. The monoisotopic (exact) mass is 383 g/mol. The number of nitrogens with zero attached hydrogens (tertiary/aromatic N) is 2. The van der Waals surface area contributed by atoms with Crippen LogP contribution < -0.4 is 10.1 Å². The highest BCUT2D eigenvalue weighted by molar-refractivity contribution is 6.34. The summed E-state index contributed by atoms with van der Waals surface area (Å²) in [6.45, 7) is 6.60. The van der Waals surface area contributed by atoms with E-state index in [2.05, 4.69) is 27.4 Å². The Bertz CT molecular complexity index is 683. The molecular weight excluding hydrogens is 361 g/mol. The van der Waals surface area contributed by atoms with Gasteiger partial charge in [-0.2, -0.15) is 0 Å². The second kappa shape index (κ2) is 10.4. The first-order valence-corrected chi connectivity index (χ1v) is 9.16. The standard InChI is InChI=1S/C18H23Cl2N3O2/c1-3-24-8-6-14-4-5-16(13(2)10-14)25-9-7-21-18-17(20)15(11-19)22-12-23-18/h4-5,10,12H,3,6-9,11H2,1-2H3,(H,21,22,23). The SMILES string of the molecule is CCOCCc1ccc(OCCNc2ncnc(CCl)c2Cl)c(C)c1. The first-order chi connectivity index (χ1) is 12.2. The third-order valence-corrected chi connectivity index (χ3v) is 4.27. The van der Waals surface area contributed by atoms with Crippen LogP contribution in [0.25, 0.3) is 0 Å². The maximum absolute atomic E-state index is 6.18. The van der Waals surface area contributed by atoms with Crippen molar-refractivity contribution in [1.82, 2.24) is 9.97 Å². The summed E-state index contributed by atoms with van der Waals surface area (Å²) in [4.78, 5) is 8.14. The molecule has 1 aromatic carbocycles. The Morgan fingerprint density at radius 3 is 2.76 bits per heavy atom. The number of anilines is 1. The summed E-state index contributed by atoms with van der Waals surface area (Å²) < 4.78 is 11.2. The van der Waals surface area contributed by atoms with Crippen molar-refractivity contribution >= 4 is 29.0 Å². The predicted octanol–water partition coefficient (Wildman–Crippen LogP) is 4.25. The summed E-state index contributed by atoms with van der Waals surface area (Å²) in [6.07, 6.45) is 2.35. The quantitative estimate of drug-likeness (QED) is 0.490. The summed E-state index contributed by atoms with van der Waals surface area (Å²) in [5.74, 6) is 1.69. The molecule has 2 rings (SSSR count). The highest BCUT2D eigenvalue weighted by atomic mass is 35.5. The van der Waals surface area contributed by atoms with Gasteiger partial charge in [0.2, 0.25) is 0 Å². The van der Waals surface area contributed by atoms with E-state index in [9.17, 15) is 0 Å². The number of rotatable bonds is 10. The topological polar surface area (TPSA) is 56.3 Å². The van der Waals surface area contributed by atoms with Gasteiger partial charge in [0.05, 0.1) is 24.7 Å². The van der Waals surface area contributed by atoms with Gasteiger partial charge in [-0.3, -0.25) is 0 Å². The van der Waals surface area contributed by atoms with Gasteiger partial charge >= 0.3 is 0 Å². The minimum Gasteiger partial charge on any atom is -0.491 e.